The molecule has 2 heterocycles. The van der Waals surface area contributed by atoms with Crippen molar-refractivity contribution in [3.8, 4) is 5.75 Å². The summed E-state index contributed by atoms with van der Waals surface area (Å²) < 4.78 is 5.86. The zero-order valence-corrected chi connectivity index (χ0v) is 14.6. The lowest BCUT2D eigenvalue weighted by Gasteiger charge is -2.22. The van der Waals surface area contributed by atoms with Crippen LogP contribution < -0.4 is 15.6 Å². The van der Waals surface area contributed by atoms with Crippen molar-refractivity contribution >= 4 is 5.97 Å². The van der Waals surface area contributed by atoms with E-state index in [2.05, 4.69) is 34.0 Å². The molecule has 2 aromatic rings. The highest BCUT2D eigenvalue weighted by Crippen LogP contribution is 2.27. The largest absolute Gasteiger partial charge is 0.487 e. The molecule has 0 amide bonds. The van der Waals surface area contributed by atoms with Crippen LogP contribution in [0.4, 0.5) is 0 Å². The Hall–Kier alpha value is -2.44. The average molecular weight is 353 g/mol. The Kier molecular flexibility index (Phi) is 4.86. The van der Waals surface area contributed by atoms with Gasteiger partial charge < -0.3 is 9.84 Å². The number of hydrazine groups is 1. The van der Waals surface area contributed by atoms with Gasteiger partial charge in [0.2, 0.25) is 0 Å². The highest BCUT2D eigenvalue weighted by molar-refractivity contribution is 5.71. The lowest BCUT2D eigenvalue weighted by molar-refractivity contribution is -0.142. The van der Waals surface area contributed by atoms with Gasteiger partial charge in [-0.15, -0.1) is 0 Å². The molecule has 1 aliphatic heterocycles. The van der Waals surface area contributed by atoms with Crippen LogP contribution in [0.5, 0.6) is 5.75 Å². The van der Waals surface area contributed by atoms with E-state index in [1.54, 1.807) is 6.20 Å². The third-order valence-corrected chi connectivity index (χ3v) is 5.20. The number of aromatic nitrogens is 1. The number of carboxylic acids is 1. The van der Waals surface area contributed by atoms with E-state index < -0.39 is 5.97 Å². The van der Waals surface area contributed by atoms with Crippen LogP contribution in [-0.2, 0) is 24.2 Å². The summed E-state index contributed by atoms with van der Waals surface area (Å²) in [7, 11) is 0. The molecule has 3 N–H and O–H groups in total. The molecule has 26 heavy (non-hydrogen) atoms. The number of aryl methyl sites for hydroxylation is 1. The van der Waals surface area contributed by atoms with Crippen LogP contribution in [0.1, 0.15) is 41.3 Å². The SMILES string of the molecule is O=C(O)[C@@H]1CCc2ccc(COc3ccc(C4CCNN4)nc3)cc2C1. The standard InChI is InChI=1S/C20H23N3O3/c24-20(25)15-4-3-14-2-1-13(9-16(14)10-15)12-26-17-5-6-18(21-11-17)19-7-8-22-23-19/h1-2,5-6,9,11,15,19,22-23H,3-4,7-8,10,12H2,(H,24,25)/t15-,19?/m1/s1. The number of ether oxygens (including phenoxy) is 1. The highest BCUT2D eigenvalue weighted by Gasteiger charge is 2.24. The second-order valence-electron chi connectivity index (χ2n) is 7.00. The first-order chi connectivity index (χ1) is 12.7. The predicted molar refractivity (Wildman–Crippen MR) is 96.7 cm³/mol. The first-order valence-electron chi connectivity index (χ1n) is 9.09. The summed E-state index contributed by atoms with van der Waals surface area (Å²) in [6, 6.07) is 10.4. The van der Waals surface area contributed by atoms with E-state index in [9.17, 15) is 9.90 Å². The third kappa shape index (κ3) is 3.71. The monoisotopic (exact) mass is 353 g/mol. The molecule has 2 aliphatic rings. The van der Waals surface area contributed by atoms with E-state index in [-0.39, 0.29) is 12.0 Å². The van der Waals surface area contributed by atoms with E-state index in [1.165, 1.54) is 5.56 Å². The number of benzene rings is 1. The third-order valence-electron chi connectivity index (χ3n) is 5.20. The number of hydrogen-bond acceptors (Lipinski definition) is 5. The van der Waals surface area contributed by atoms with Crippen molar-refractivity contribution in [1.82, 2.24) is 15.8 Å². The van der Waals surface area contributed by atoms with E-state index in [4.69, 9.17) is 4.74 Å². The summed E-state index contributed by atoms with van der Waals surface area (Å²) in [6.45, 7) is 1.40. The Morgan fingerprint density at radius 3 is 2.88 bits per heavy atom. The predicted octanol–water partition coefficient (Wildman–Crippen LogP) is 2.39. The van der Waals surface area contributed by atoms with Crippen molar-refractivity contribution in [2.75, 3.05) is 6.54 Å². The van der Waals surface area contributed by atoms with Crippen molar-refractivity contribution < 1.29 is 14.6 Å². The lowest BCUT2D eigenvalue weighted by Crippen LogP contribution is -2.25. The van der Waals surface area contributed by atoms with Gasteiger partial charge in [-0.3, -0.25) is 15.2 Å². The van der Waals surface area contributed by atoms with Gasteiger partial charge in [0.25, 0.3) is 0 Å². The van der Waals surface area contributed by atoms with Gasteiger partial charge in [-0.2, -0.15) is 0 Å². The molecule has 136 valence electrons. The average Bonchev–Trinajstić information content (AvgIpc) is 3.21. The van der Waals surface area contributed by atoms with Crippen molar-refractivity contribution in [2.45, 2.75) is 38.3 Å². The molecule has 1 aromatic heterocycles. The molecule has 1 aliphatic carbocycles. The molecular formula is C20H23N3O3. The Morgan fingerprint density at radius 1 is 1.23 bits per heavy atom. The zero-order chi connectivity index (χ0) is 17.9. The van der Waals surface area contributed by atoms with Gasteiger partial charge in [0, 0.05) is 6.54 Å². The molecule has 1 fully saturated rings. The van der Waals surface area contributed by atoms with E-state index in [1.807, 2.05) is 12.1 Å². The van der Waals surface area contributed by atoms with Crippen molar-refractivity contribution in [3.05, 3.63) is 58.9 Å². The van der Waals surface area contributed by atoms with Gasteiger partial charge >= 0.3 is 5.97 Å². The molecule has 1 aromatic carbocycles. The minimum Gasteiger partial charge on any atom is -0.487 e. The molecule has 1 unspecified atom stereocenters. The topological polar surface area (TPSA) is 83.5 Å². The summed E-state index contributed by atoms with van der Waals surface area (Å²) >= 11 is 0. The molecule has 6 nitrogen and oxygen atoms in total. The molecule has 6 heteroatoms. The number of rotatable bonds is 5. The van der Waals surface area contributed by atoms with Crippen LogP contribution in [0.3, 0.4) is 0 Å². The number of aliphatic carboxylic acids is 1. The summed E-state index contributed by atoms with van der Waals surface area (Å²) in [6.07, 6.45) is 4.95. The summed E-state index contributed by atoms with van der Waals surface area (Å²) in [5.74, 6) is -0.231. The highest BCUT2D eigenvalue weighted by atomic mass is 16.5. The van der Waals surface area contributed by atoms with Gasteiger partial charge in [-0.1, -0.05) is 18.2 Å². The number of carbonyl (C=O) groups is 1. The van der Waals surface area contributed by atoms with E-state index >= 15 is 0 Å². The normalized spacial score (nSPS) is 22.0. The second kappa shape index (κ2) is 7.43. The van der Waals surface area contributed by atoms with Crippen LogP contribution >= 0.6 is 0 Å². The Bertz CT molecular complexity index is 785. The number of nitrogens with zero attached hydrogens (tertiary/aromatic N) is 1. The number of fused-ring (bicyclic) bond motifs is 1. The maximum Gasteiger partial charge on any atom is 0.306 e. The summed E-state index contributed by atoms with van der Waals surface area (Å²) in [5.41, 5.74) is 10.8. The fourth-order valence-corrected chi connectivity index (χ4v) is 3.67. The smallest absolute Gasteiger partial charge is 0.306 e. The van der Waals surface area contributed by atoms with Gasteiger partial charge in [0.15, 0.2) is 0 Å². The maximum atomic E-state index is 11.2. The Morgan fingerprint density at radius 2 is 2.15 bits per heavy atom. The molecule has 0 radical (unpaired) electrons. The first-order valence-corrected chi connectivity index (χ1v) is 9.09. The fourth-order valence-electron chi connectivity index (χ4n) is 3.67. The van der Waals surface area contributed by atoms with E-state index in [0.717, 1.165) is 48.4 Å². The van der Waals surface area contributed by atoms with Crippen LogP contribution in [0.15, 0.2) is 36.5 Å². The second-order valence-corrected chi connectivity index (χ2v) is 7.00. The number of hydrogen-bond donors (Lipinski definition) is 3. The summed E-state index contributed by atoms with van der Waals surface area (Å²) in [4.78, 5) is 15.7. The van der Waals surface area contributed by atoms with Crippen LogP contribution in [0.2, 0.25) is 0 Å². The molecular weight excluding hydrogens is 330 g/mol. The maximum absolute atomic E-state index is 11.2. The van der Waals surface area contributed by atoms with Crippen molar-refractivity contribution in [2.24, 2.45) is 5.92 Å². The minimum absolute atomic E-state index is 0.256. The first kappa shape index (κ1) is 17.0. The summed E-state index contributed by atoms with van der Waals surface area (Å²) in [5, 5.41) is 9.25. The minimum atomic E-state index is -0.699. The number of pyridine rings is 1. The molecule has 0 bridgehead atoms. The molecule has 0 spiro atoms. The lowest BCUT2D eigenvalue weighted by atomic mass is 9.83. The quantitative estimate of drug-likeness (QED) is 0.766. The fraction of sp³-hybridized carbons (Fsp3) is 0.400. The molecule has 2 atom stereocenters. The van der Waals surface area contributed by atoms with Crippen LogP contribution in [0, 0.1) is 5.92 Å². The van der Waals surface area contributed by atoms with Crippen LogP contribution in [-0.4, -0.2) is 22.6 Å². The van der Waals surface area contributed by atoms with Crippen LogP contribution in [0.25, 0.3) is 0 Å². The van der Waals surface area contributed by atoms with Gasteiger partial charge in [0.05, 0.1) is 23.9 Å². The molecule has 0 saturated carbocycles. The van der Waals surface area contributed by atoms with Crippen molar-refractivity contribution in [1.29, 1.82) is 0 Å². The molecule has 1 saturated heterocycles. The van der Waals surface area contributed by atoms with Gasteiger partial charge in [-0.05, 0) is 54.5 Å². The Labute approximate surface area is 152 Å². The van der Waals surface area contributed by atoms with Gasteiger partial charge in [-0.25, -0.2) is 5.43 Å². The van der Waals surface area contributed by atoms with Crippen molar-refractivity contribution in [3.63, 3.8) is 0 Å². The molecule has 4 rings (SSSR count). The Balaban J connectivity index is 1.39. The zero-order valence-electron chi connectivity index (χ0n) is 14.6. The van der Waals surface area contributed by atoms with Gasteiger partial charge in [0.1, 0.15) is 12.4 Å². The number of nitrogens with one attached hydrogen (secondary N) is 2. The number of carboxylic acid groups (broad SMARTS) is 1. The van der Waals surface area contributed by atoms with E-state index in [0.29, 0.717) is 13.0 Å².